The predicted octanol–water partition coefficient (Wildman–Crippen LogP) is 4.01. The van der Waals surface area contributed by atoms with E-state index in [2.05, 4.69) is 5.32 Å². The third-order valence-electron chi connectivity index (χ3n) is 4.03. The molecule has 0 atom stereocenters. The second-order valence-corrected chi connectivity index (χ2v) is 5.92. The maximum Gasteiger partial charge on any atom is 0.416 e. The Hall–Kier alpha value is -3.14. The molecule has 1 amide bonds. The van der Waals surface area contributed by atoms with Crippen molar-refractivity contribution in [2.45, 2.75) is 6.18 Å². The zero-order valence-electron chi connectivity index (χ0n) is 16.9. The zero-order valence-corrected chi connectivity index (χ0v) is 16.9. The number of carbonyl (C=O) groups excluding carboxylic acids is 1. The highest BCUT2D eigenvalue weighted by atomic mass is 19.4. The summed E-state index contributed by atoms with van der Waals surface area (Å²) in [5.41, 5.74) is -0.980. The first kappa shape index (κ1) is 23.1. The lowest BCUT2D eigenvalue weighted by atomic mass is 10.1. The van der Waals surface area contributed by atoms with Gasteiger partial charge >= 0.3 is 6.18 Å². The van der Waals surface area contributed by atoms with Gasteiger partial charge in [-0.2, -0.15) is 13.2 Å². The van der Waals surface area contributed by atoms with E-state index in [1.165, 1.54) is 40.6 Å². The molecule has 0 bridgehead atoms. The smallest absolute Gasteiger partial charge is 0.416 e. The number of carbonyl (C=O) groups is 1. The summed E-state index contributed by atoms with van der Waals surface area (Å²) < 4.78 is 65.3. The van der Waals surface area contributed by atoms with Gasteiger partial charge < -0.3 is 29.0 Å². The average Bonchev–Trinajstić information content (AvgIpc) is 2.72. The van der Waals surface area contributed by atoms with E-state index in [1.807, 2.05) is 0 Å². The Bertz CT molecular complexity index is 860. The van der Waals surface area contributed by atoms with Crippen molar-refractivity contribution in [3.8, 4) is 23.0 Å². The molecule has 30 heavy (non-hydrogen) atoms. The van der Waals surface area contributed by atoms with E-state index in [9.17, 15) is 18.0 Å². The van der Waals surface area contributed by atoms with Gasteiger partial charge in [0.1, 0.15) is 12.4 Å². The molecule has 2 aromatic carbocycles. The average molecular weight is 429 g/mol. The number of amides is 1. The molecule has 7 nitrogen and oxygen atoms in total. The zero-order chi connectivity index (χ0) is 22.3. The van der Waals surface area contributed by atoms with Gasteiger partial charge in [0.25, 0.3) is 5.91 Å². The van der Waals surface area contributed by atoms with Crippen molar-refractivity contribution in [3.63, 3.8) is 0 Å². The van der Waals surface area contributed by atoms with Crippen LogP contribution in [0.15, 0.2) is 30.3 Å². The first-order chi connectivity index (χ1) is 14.2. The van der Waals surface area contributed by atoms with Crippen molar-refractivity contribution < 1.29 is 41.7 Å². The molecule has 0 aliphatic rings. The van der Waals surface area contributed by atoms with Crippen molar-refractivity contribution in [1.82, 2.24) is 0 Å². The van der Waals surface area contributed by atoms with E-state index in [0.29, 0.717) is 0 Å². The monoisotopic (exact) mass is 429 g/mol. The molecular formula is C20H22F3NO6. The summed E-state index contributed by atoms with van der Waals surface area (Å²) in [5, 5.41) is 2.45. The fourth-order valence-corrected chi connectivity index (χ4v) is 2.57. The molecule has 0 saturated heterocycles. The third-order valence-corrected chi connectivity index (χ3v) is 4.03. The van der Waals surface area contributed by atoms with Crippen LogP contribution in [0, 0.1) is 0 Å². The number of halogens is 3. The number of anilines is 1. The topological polar surface area (TPSA) is 75.3 Å². The largest absolute Gasteiger partial charge is 0.493 e. The van der Waals surface area contributed by atoms with Gasteiger partial charge in [-0.05, 0) is 30.3 Å². The number of benzene rings is 2. The molecule has 0 aliphatic carbocycles. The van der Waals surface area contributed by atoms with Crippen LogP contribution >= 0.6 is 0 Å². The van der Waals surface area contributed by atoms with Crippen molar-refractivity contribution in [1.29, 1.82) is 0 Å². The van der Waals surface area contributed by atoms with Gasteiger partial charge in [0, 0.05) is 12.7 Å². The molecule has 0 spiro atoms. The van der Waals surface area contributed by atoms with Crippen LogP contribution in [0.3, 0.4) is 0 Å². The van der Waals surface area contributed by atoms with E-state index < -0.39 is 17.6 Å². The van der Waals surface area contributed by atoms with Crippen LogP contribution in [0.4, 0.5) is 18.9 Å². The number of methoxy groups -OCH3 is 4. The Labute approximate surface area is 171 Å². The van der Waals surface area contributed by atoms with Crippen LogP contribution in [-0.2, 0) is 10.9 Å². The molecule has 164 valence electrons. The molecule has 0 aliphatic heterocycles. The molecule has 0 saturated carbocycles. The van der Waals surface area contributed by atoms with Gasteiger partial charge in [0.15, 0.2) is 11.5 Å². The molecule has 2 aromatic rings. The first-order valence-electron chi connectivity index (χ1n) is 8.69. The lowest BCUT2D eigenvalue weighted by molar-refractivity contribution is -0.137. The highest BCUT2D eigenvalue weighted by Gasteiger charge is 2.31. The number of hydrogen-bond donors (Lipinski definition) is 1. The number of ether oxygens (including phenoxy) is 5. The number of alkyl halides is 3. The summed E-state index contributed by atoms with van der Waals surface area (Å²) in [6.45, 7) is 0.316. The SMILES string of the molecule is COCCOc1ccc(C(F)(F)F)cc1NC(=O)c1cc(OC)c(OC)c(OC)c1. The lowest BCUT2D eigenvalue weighted by Gasteiger charge is -2.17. The number of hydrogen-bond acceptors (Lipinski definition) is 6. The van der Waals surface area contributed by atoms with E-state index in [0.717, 1.165) is 18.2 Å². The molecule has 0 unspecified atom stereocenters. The number of nitrogens with one attached hydrogen (secondary N) is 1. The fraction of sp³-hybridized carbons (Fsp3) is 0.350. The van der Waals surface area contributed by atoms with E-state index in [1.54, 1.807) is 0 Å². The van der Waals surface area contributed by atoms with Crippen LogP contribution < -0.4 is 24.3 Å². The van der Waals surface area contributed by atoms with Gasteiger partial charge in [-0.15, -0.1) is 0 Å². The second kappa shape index (κ2) is 10.1. The minimum atomic E-state index is -4.59. The summed E-state index contributed by atoms with van der Waals surface area (Å²) in [7, 11) is 5.64. The van der Waals surface area contributed by atoms with Crippen molar-refractivity contribution in [2.24, 2.45) is 0 Å². The standard InChI is InChI=1S/C20H22F3NO6/c1-26-7-8-30-15-6-5-13(20(21,22)23)11-14(15)24-19(25)12-9-16(27-2)18(29-4)17(10-12)28-3/h5-6,9-11H,7-8H2,1-4H3,(H,24,25). The van der Waals surface area contributed by atoms with Crippen molar-refractivity contribution >= 4 is 11.6 Å². The minimum absolute atomic E-state index is 0.0702. The molecule has 0 radical (unpaired) electrons. The van der Waals surface area contributed by atoms with E-state index in [-0.39, 0.29) is 47.5 Å². The highest BCUT2D eigenvalue weighted by molar-refractivity contribution is 6.06. The molecule has 1 N–H and O–H groups in total. The molecule has 2 rings (SSSR count). The van der Waals surface area contributed by atoms with Crippen LogP contribution in [0.2, 0.25) is 0 Å². The number of rotatable bonds is 9. The summed E-state index contributed by atoms with van der Waals surface area (Å²) in [6, 6.07) is 5.59. The normalized spacial score (nSPS) is 11.0. The Morgan fingerprint density at radius 1 is 0.900 bits per heavy atom. The fourth-order valence-electron chi connectivity index (χ4n) is 2.57. The van der Waals surface area contributed by atoms with Gasteiger partial charge in [-0.25, -0.2) is 0 Å². The molecular weight excluding hydrogens is 407 g/mol. The maximum atomic E-state index is 13.1. The molecule has 0 aromatic heterocycles. The van der Waals surface area contributed by atoms with Crippen molar-refractivity contribution in [3.05, 3.63) is 41.5 Å². The van der Waals surface area contributed by atoms with Crippen LogP contribution in [0.1, 0.15) is 15.9 Å². The Morgan fingerprint density at radius 3 is 2.03 bits per heavy atom. The lowest BCUT2D eigenvalue weighted by Crippen LogP contribution is -2.16. The van der Waals surface area contributed by atoms with Gasteiger partial charge in [-0.3, -0.25) is 4.79 Å². The summed E-state index contributed by atoms with van der Waals surface area (Å²) in [5.74, 6) is 0.107. The van der Waals surface area contributed by atoms with Crippen LogP contribution in [0.25, 0.3) is 0 Å². The molecule has 0 fully saturated rings. The van der Waals surface area contributed by atoms with Crippen LogP contribution in [-0.4, -0.2) is 47.6 Å². The van der Waals surface area contributed by atoms with Gasteiger partial charge in [-0.1, -0.05) is 0 Å². The summed E-state index contributed by atoms with van der Waals surface area (Å²) in [6.07, 6.45) is -4.59. The van der Waals surface area contributed by atoms with Crippen molar-refractivity contribution in [2.75, 3.05) is 47.0 Å². The predicted molar refractivity (Wildman–Crippen MR) is 103 cm³/mol. The highest BCUT2D eigenvalue weighted by Crippen LogP contribution is 2.39. The first-order valence-corrected chi connectivity index (χ1v) is 8.69. The summed E-state index contributed by atoms with van der Waals surface area (Å²) in [4.78, 5) is 12.8. The van der Waals surface area contributed by atoms with Gasteiger partial charge in [0.2, 0.25) is 5.75 Å². The summed E-state index contributed by atoms with van der Waals surface area (Å²) >= 11 is 0. The Kier molecular flexibility index (Phi) is 7.76. The quantitative estimate of drug-likeness (QED) is 0.607. The molecule has 10 heteroatoms. The van der Waals surface area contributed by atoms with E-state index >= 15 is 0 Å². The second-order valence-electron chi connectivity index (χ2n) is 5.92. The van der Waals surface area contributed by atoms with E-state index in [4.69, 9.17) is 23.7 Å². The maximum absolute atomic E-state index is 13.1. The van der Waals surface area contributed by atoms with Crippen LogP contribution in [0.5, 0.6) is 23.0 Å². The Balaban J connectivity index is 2.40. The Morgan fingerprint density at radius 2 is 1.53 bits per heavy atom. The van der Waals surface area contributed by atoms with Gasteiger partial charge in [0.05, 0.1) is 39.2 Å². The molecule has 0 heterocycles. The minimum Gasteiger partial charge on any atom is -0.493 e. The third kappa shape index (κ3) is 5.47.